The van der Waals surface area contributed by atoms with Crippen molar-refractivity contribution < 1.29 is 4.79 Å². The largest absolute Gasteiger partial charge is 0.335 e. The van der Waals surface area contributed by atoms with Crippen LogP contribution in [0.5, 0.6) is 0 Å². The molecule has 2 amide bonds. The maximum absolute atomic E-state index is 12.2. The maximum Gasteiger partial charge on any atom is 0.320 e. The molecule has 29 heavy (non-hydrogen) atoms. The summed E-state index contributed by atoms with van der Waals surface area (Å²) < 4.78 is 0. The molecule has 1 unspecified atom stereocenters. The van der Waals surface area contributed by atoms with E-state index < -0.39 is 0 Å². The number of unbranched alkanes of at least 4 members (excludes halogenated alkanes) is 1. The number of amides is 2. The van der Waals surface area contributed by atoms with Crippen molar-refractivity contribution in [2.75, 3.05) is 25.0 Å². The molecule has 1 aliphatic heterocycles. The Hall–Kier alpha value is -2.74. The van der Waals surface area contributed by atoms with Gasteiger partial charge in [-0.05, 0) is 56.0 Å². The lowest BCUT2D eigenvalue weighted by Crippen LogP contribution is -2.36. The first kappa shape index (κ1) is 19.6. The zero-order valence-electron chi connectivity index (χ0n) is 16.7. The number of pyridine rings is 2. The Labute approximate surface area is 171 Å². The van der Waals surface area contributed by atoms with Gasteiger partial charge in [-0.15, -0.1) is 0 Å². The summed E-state index contributed by atoms with van der Waals surface area (Å²) in [7, 11) is 0. The van der Waals surface area contributed by atoms with Gasteiger partial charge in [0.15, 0.2) is 0 Å². The standard InChI is InChI=1S/C21H29N7O/c22-9-3-4-10-28-14-16(13-24-28)15-11-19-18(23-12-15)7-8-20(26-19)27-21(29)25-17-5-1-2-6-17/h7-8,11-13,16-17H,1-6,9-10,14,22H2,(H2,25,26,27,29). The van der Waals surface area contributed by atoms with Gasteiger partial charge in [0.1, 0.15) is 5.82 Å². The number of hydrogen-bond acceptors (Lipinski definition) is 6. The van der Waals surface area contributed by atoms with Gasteiger partial charge in [0.25, 0.3) is 0 Å². The number of nitrogens with zero attached hydrogens (tertiary/aromatic N) is 4. The summed E-state index contributed by atoms with van der Waals surface area (Å²) >= 11 is 0. The van der Waals surface area contributed by atoms with Crippen LogP contribution in [0, 0.1) is 0 Å². The topological polar surface area (TPSA) is 109 Å². The molecular weight excluding hydrogens is 366 g/mol. The fourth-order valence-electron chi connectivity index (χ4n) is 3.98. The number of fused-ring (bicyclic) bond motifs is 1. The smallest absolute Gasteiger partial charge is 0.320 e. The summed E-state index contributed by atoms with van der Waals surface area (Å²) in [5.74, 6) is 0.740. The third-order valence-electron chi connectivity index (χ3n) is 5.61. The van der Waals surface area contributed by atoms with E-state index in [1.54, 1.807) is 6.07 Å². The van der Waals surface area contributed by atoms with Gasteiger partial charge in [-0.3, -0.25) is 15.3 Å². The second-order valence-corrected chi connectivity index (χ2v) is 7.86. The summed E-state index contributed by atoms with van der Waals surface area (Å²) in [5.41, 5.74) is 8.24. The highest BCUT2D eigenvalue weighted by Crippen LogP contribution is 2.23. The SMILES string of the molecule is NCCCCN1CC(c2cnc3ccc(NC(=O)NC4CCCC4)nc3c2)C=N1. The zero-order valence-corrected chi connectivity index (χ0v) is 16.7. The molecule has 1 saturated carbocycles. The summed E-state index contributed by atoms with van der Waals surface area (Å²) in [6.07, 6.45) is 10.4. The van der Waals surface area contributed by atoms with Crippen LogP contribution in [0.2, 0.25) is 0 Å². The number of carbonyl (C=O) groups excluding carboxylic acids is 1. The zero-order chi connectivity index (χ0) is 20.1. The van der Waals surface area contributed by atoms with E-state index in [2.05, 4.69) is 30.7 Å². The van der Waals surface area contributed by atoms with Crippen molar-refractivity contribution in [2.24, 2.45) is 10.8 Å². The third-order valence-corrected chi connectivity index (χ3v) is 5.61. The van der Waals surface area contributed by atoms with Crippen molar-refractivity contribution in [3.8, 4) is 0 Å². The van der Waals surface area contributed by atoms with Crippen LogP contribution in [0.15, 0.2) is 29.5 Å². The van der Waals surface area contributed by atoms with Crippen LogP contribution in [-0.4, -0.2) is 52.9 Å². The highest BCUT2D eigenvalue weighted by atomic mass is 16.2. The average Bonchev–Trinajstić information content (AvgIpc) is 3.40. The Balaban J connectivity index is 1.40. The molecule has 154 valence electrons. The number of urea groups is 1. The summed E-state index contributed by atoms with van der Waals surface area (Å²) in [6, 6.07) is 5.81. The number of carbonyl (C=O) groups is 1. The van der Waals surface area contributed by atoms with Crippen molar-refractivity contribution in [3.05, 3.63) is 30.0 Å². The molecular formula is C21H29N7O. The minimum atomic E-state index is -0.191. The molecule has 3 heterocycles. The van der Waals surface area contributed by atoms with E-state index in [0.29, 0.717) is 5.82 Å². The van der Waals surface area contributed by atoms with E-state index in [4.69, 9.17) is 5.73 Å². The van der Waals surface area contributed by atoms with E-state index >= 15 is 0 Å². The van der Waals surface area contributed by atoms with Crippen molar-refractivity contribution in [1.29, 1.82) is 0 Å². The second-order valence-electron chi connectivity index (χ2n) is 7.86. The second kappa shape index (κ2) is 9.17. The molecule has 0 radical (unpaired) electrons. The molecule has 0 spiro atoms. The molecule has 4 N–H and O–H groups in total. The van der Waals surface area contributed by atoms with Gasteiger partial charge in [-0.25, -0.2) is 9.78 Å². The normalized spacial score (nSPS) is 19.2. The summed E-state index contributed by atoms with van der Waals surface area (Å²) in [4.78, 5) is 21.4. The maximum atomic E-state index is 12.2. The van der Waals surface area contributed by atoms with E-state index in [0.717, 1.165) is 61.9 Å². The third kappa shape index (κ3) is 5.00. The van der Waals surface area contributed by atoms with E-state index in [-0.39, 0.29) is 18.0 Å². The molecule has 2 aromatic heterocycles. The molecule has 1 atom stereocenters. The van der Waals surface area contributed by atoms with Crippen LogP contribution in [0.1, 0.15) is 50.0 Å². The quantitative estimate of drug-likeness (QED) is 0.625. The fourth-order valence-corrected chi connectivity index (χ4v) is 3.98. The van der Waals surface area contributed by atoms with Gasteiger partial charge >= 0.3 is 6.03 Å². The van der Waals surface area contributed by atoms with Gasteiger partial charge in [-0.2, -0.15) is 5.10 Å². The lowest BCUT2D eigenvalue weighted by molar-refractivity contribution is 0.248. The number of anilines is 1. The Bertz CT molecular complexity index is 878. The Kier molecular flexibility index (Phi) is 6.19. The Morgan fingerprint density at radius 1 is 1.21 bits per heavy atom. The lowest BCUT2D eigenvalue weighted by Gasteiger charge is -2.16. The highest BCUT2D eigenvalue weighted by Gasteiger charge is 2.20. The van der Waals surface area contributed by atoms with Gasteiger partial charge in [0.2, 0.25) is 0 Å². The molecule has 4 rings (SSSR count). The molecule has 2 aliphatic rings. The van der Waals surface area contributed by atoms with Crippen LogP contribution in [-0.2, 0) is 0 Å². The van der Waals surface area contributed by atoms with Gasteiger partial charge in [0.05, 0.1) is 11.0 Å². The van der Waals surface area contributed by atoms with Crippen molar-refractivity contribution in [2.45, 2.75) is 50.5 Å². The summed E-state index contributed by atoms with van der Waals surface area (Å²) in [5, 5.41) is 12.5. The van der Waals surface area contributed by atoms with Gasteiger partial charge in [0, 0.05) is 37.5 Å². The number of rotatable bonds is 7. The van der Waals surface area contributed by atoms with Crippen molar-refractivity contribution in [3.63, 3.8) is 0 Å². The van der Waals surface area contributed by atoms with E-state index in [1.807, 2.05) is 24.5 Å². The minimum Gasteiger partial charge on any atom is -0.335 e. The summed E-state index contributed by atoms with van der Waals surface area (Å²) in [6.45, 7) is 2.49. The molecule has 0 aromatic carbocycles. The monoisotopic (exact) mass is 395 g/mol. The van der Waals surface area contributed by atoms with E-state index in [1.165, 1.54) is 12.8 Å². The predicted octanol–water partition coefficient (Wildman–Crippen LogP) is 2.82. The van der Waals surface area contributed by atoms with Crippen LogP contribution in [0.4, 0.5) is 10.6 Å². The minimum absolute atomic E-state index is 0.191. The molecule has 8 heteroatoms. The highest BCUT2D eigenvalue weighted by molar-refractivity contribution is 5.90. The molecule has 8 nitrogen and oxygen atoms in total. The van der Waals surface area contributed by atoms with Crippen LogP contribution >= 0.6 is 0 Å². The van der Waals surface area contributed by atoms with Gasteiger partial charge < -0.3 is 11.1 Å². The number of hydrazone groups is 1. The van der Waals surface area contributed by atoms with E-state index in [9.17, 15) is 4.79 Å². The number of nitrogens with one attached hydrogen (secondary N) is 2. The molecule has 1 fully saturated rings. The molecule has 0 saturated heterocycles. The van der Waals surface area contributed by atoms with Crippen LogP contribution in [0.25, 0.3) is 11.0 Å². The lowest BCUT2D eigenvalue weighted by atomic mass is 10.0. The van der Waals surface area contributed by atoms with Crippen LogP contribution < -0.4 is 16.4 Å². The number of nitrogens with two attached hydrogens (primary N) is 1. The Morgan fingerprint density at radius 3 is 2.90 bits per heavy atom. The first-order valence-corrected chi connectivity index (χ1v) is 10.5. The van der Waals surface area contributed by atoms with Crippen molar-refractivity contribution >= 4 is 29.1 Å². The molecule has 1 aliphatic carbocycles. The molecule has 2 aromatic rings. The number of hydrogen-bond donors (Lipinski definition) is 3. The van der Waals surface area contributed by atoms with Crippen molar-refractivity contribution in [1.82, 2.24) is 20.3 Å². The first-order chi connectivity index (χ1) is 14.2. The van der Waals surface area contributed by atoms with Crippen LogP contribution in [0.3, 0.4) is 0 Å². The molecule has 0 bridgehead atoms. The Morgan fingerprint density at radius 2 is 2.07 bits per heavy atom. The number of aromatic nitrogens is 2. The first-order valence-electron chi connectivity index (χ1n) is 10.5. The predicted molar refractivity (Wildman–Crippen MR) is 115 cm³/mol. The van der Waals surface area contributed by atoms with Gasteiger partial charge in [-0.1, -0.05) is 12.8 Å². The fraction of sp³-hybridized carbons (Fsp3) is 0.524. The average molecular weight is 396 g/mol.